The van der Waals surface area contributed by atoms with Crippen molar-refractivity contribution < 1.29 is 14.6 Å². The maximum atomic E-state index is 12.6. The number of pyridine rings is 1. The number of benzene rings is 1. The molecule has 1 aliphatic rings. The smallest absolute Gasteiger partial charge is 0.320 e. The number of ether oxygens (including phenoxy) is 1. The van der Waals surface area contributed by atoms with Gasteiger partial charge < -0.3 is 15.2 Å². The Morgan fingerprint density at radius 2 is 2.21 bits per heavy atom. The lowest BCUT2D eigenvalue weighted by atomic mass is 10.1. The van der Waals surface area contributed by atoms with Crippen molar-refractivity contribution >= 4 is 34.4 Å². The summed E-state index contributed by atoms with van der Waals surface area (Å²) in [7, 11) is 0. The third kappa shape index (κ3) is 4.34. The van der Waals surface area contributed by atoms with Crippen LogP contribution in [-0.2, 0) is 17.7 Å². The lowest BCUT2D eigenvalue weighted by molar-refractivity contribution is 0.0283. The second-order valence-electron chi connectivity index (χ2n) is 6.95. The molecule has 1 aliphatic heterocycles. The van der Waals surface area contributed by atoms with E-state index in [1.807, 2.05) is 23.7 Å². The van der Waals surface area contributed by atoms with Gasteiger partial charge in [0.05, 0.1) is 42.8 Å². The van der Waals surface area contributed by atoms with Crippen LogP contribution in [0.15, 0.2) is 36.5 Å². The summed E-state index contributed by atoms with van der Waals surface area (Å²) in [5.74, 6) is 0.402. The predicted octanol–water partition coefficient (Wildman–Crippen LogP) is 2.90. The molecule has 0 spiro atoms. The highest BCUT2D eigenvalue weighted by Gasteiger charge is 2.21. The fourth-order valence-electron chi connectivity index (χ4n) is 3.50. The Labute approximate surface area is 172 Å². The number of aliphatic hydroxyl groups excluding tert-OH is 1. The van der Waals surface area contributed by atoms with Gasteiger partial charge in [-0.2, -0.15) is 5.10 Å². The molecule has 2 atom stereocenters. The standard InChI is InChI=1S/C20H22ClN5O3/c1-2-26-19-13(9-22-26)7-18-23-16(19)8-15(27)10-29-11-17(24-20(28)25-18)12-4-3-5-14(21)6-12/h3-7,9,15,17,27H,2,8,10-11H2,1H3,(H2,23,24,25,28)/t15-,17+/m0/s1. The van der Waals surface area contributed by atoms with Crippen molar-refractivity contribution in [3.8, 4) is 0 Å². The zero-order chi connectivity index (χ0) is 20.4. The highest BCUT2D eigenvalue weighted by molar-refractivity contribution is 6.30. The summed E-state index contributed by atoms with van der Waals surface area (Å²) >= 11 is 6.09. The molecule has 1 aromatic carbocycles. The lowest BCUT2D eigenvalue weighted by Gasteiger charge is -2.22. The number of hydrogen-bond donors (Lipinski definition) is 3. The van der Waals surface area contributed by atoms with E-state index < -0.39 is 18.2 Å². The van der Waals surface area contributed by atoms with Gasteiger partial charge in [-0.3, -0.25) is 10.00 Å². The van der Waals surface area contributed by atoms with Crippen LogP contribution in [0.5, 0.6) is 0 Å². The molecule has 2 amide bonds. The van der Waals surface area contributed by atoms with E-state index in [9.17, 15) is 9.90 Å². The molecule has 4 rings (SSSR count). The molecule has 29 heavy (non-hydrogen) atoms. The Bertz CT molecular complexity index is 1040. The van der Waals surface area contributed by atoms with Crippen LogP contribution in [0.25, 0.3) is 10.9 Å². The van der Waals surface area contributed by atoms with Crippen LogP contribution in [0.2, 0.25) is 5.02 Å². The van der Waals surface area contributed by atoms with Gasteiger partial charge in [0.1, 0.15) is 5.82 Å². The molecule has 3 N–H and O–H groups in total. The molecule has 0 saturated heterocycles. The normalized spacial score (nSPS) is 20.4. The molecule has 3 aromatic rings. The third-order valence-electron chi connectivity index (χ3n) is 4.81. The third-order valence-corrected chi connectivity index (χ3v) is 5.05. The number of urea groups is 1. The molecule has 0 saturated carbocycles. The first kappa shape index (κ1) is 19.6. The number of aryl methyl sites for hydroxylation is 1. The van der Waals surface area contributed by atoms with Gasteiger partial charge in [-0.1, -0.05) is 23.7 Å². The molecule has 0 radical (unpaired) electrons. The van der Waals surface area contributed by atoms with Crippen molar-refractivity contribution in [3.05, 3.63) is 52.8 Å². The number of fused-ring (bicyclic) bond motifs is 4. The molecule has 9 heteroatoms. The van der Waals surface area contributed by atoms with Gasteiger partial charge in [-0.15, -0.1) is 0 Å². The topological polar surface area (TPSA) is 101 Å². The number of nitrogens with zero attached hydrogens (tertiary/aromatic N) is 3. The lowest BCUT2D eigenvalue weighted by Crippen LogP contribution is -2.36. The average molecular weight is 416 g/mol. The van der Waals surface area contributed by atoms with E-state index in [-0.39, 0.29) is 13.2 Å². The van der Waals surface area contributed by atoms with Crippen LogP contribution in [-0.4, -0.2) is 45.2 Å². The van der Waals surface area contributed by atoms with Crippen LogP contribution >= 0.6 is 11.6 Å². The largest absolute Gasteiger partial charge is 0.390 e. The minimum absolute atomic E-state index is 0.119. The number of aromatic nitrogens is 3. The van der Waals surface area contributed by atoms with Crippen molar-refractivity contribution in [2.45, 2.75) is 32.0 Å². The van der Waals surface area contributed by atoms with E-state index in [0.717, 1.165) is 16.5 Å². The molecule has 2 aromatic heterocycles. The second kappa shape index (κ2) is 8.36. The van der Waals surface area contributed by atoms with E-state index in [0.29, 0.717) is 29.5 Å². The number of aliphatic hydroxyl groups is 1. The summed E-state index contributed by atoms with van der Waals surface area (Å²) in [6.07, 6.45) is 1.29. The van der Waals surface area contributed by atoms with Crippen molar-refractivity contribution in [2.75, 3.05) is 18.5 Å². The Balaban J connectivity index is 1.68. The highest BCUT2D eigenvalue weighted by atomic mass is 35.5. The zero-order valence-electron chi connectivity index (χ0n) is 15.9. The summed E-state index contributed by atoms with van der Waals surface area (Å²) < 4.78 is 7.54. The fourth-order valence-corrected chi connectivity index (χ4v) is 3.70. The second-order valence-corrected chi connectivity index (χ2v) is 7.39. The average Bonchev–Trinajstić information content (AvgIpc) is 3.09. The van der Waals surface area contributed by atoms with Gasteiger partial charge >= 0.3 is 6.03 Å². The summed E-state index contributed by atoms with van der Waals surface area (Å²) in [5, 5.41) is 22.0. The van der Waals surface area contributed by atoms with Crippen LogP contribution in [0.4, 0.5) is 10.6 Å². The quantitative estimate of drug-likeness (QED) is 0.597. The Morgan fingerprint density at radius 1 is 1.34 bits per heavy atom. The summed E-state index contributed by atoms with van der Waals surface area (Å²) in [4.78, 5) is 17.2. The van der Waals surface area contributed by atoms with E-state index in [4.69, 9.17) is 16.3 Å². The molecule has 3 heterocycles. The molecule has 2 bridgehead atoms. The summed E-state index contributed by atoms with van der Waals surface area (Å²) in [5.41, 5.74) is 2.33. The molecular formula is C20H22ClN5O3. The number of halogens is 1. The number of carbonyl (C=O) groups is 1. The Kier molecular flexibility index (Phi) is 5.66. The molecule has 0 aliphatic carbocycles. The summed E-state index contributed by atoms with van der Waals surface area (Å²) in [6.45, 7) is 2.99. The number of carbonyl (C=O) groups excluding carboxylic acids is 1. The van der Waals surface area contributed by atoms with Crippen LogP contribution in [0.1, 0.15) is 24.2 Å². The van der Waals surface area contributed by atoms with Crippen molar-refractivity contribution in [3.63, 3.8) is 0 Å². The molecular weight excluding hydrogens is 394 g/mol. The Hall–Kier alpha value is -2.68. The Morgan fingerprint density at radius 3 is 3.00 bits per heavy atom. The number of hydrogen-bond acceptors (Lipinski definition) is 5. The first-order valence-corrected chi connectivity index (χ1v) is 9.85. The van der Waals surface area contributed by atoms with Crippen LogP contribution in [0, 0.1) is 0 Å². The van der Waals surface area contributed by atoms with Crippen molar-refractivity contribution in [1.82, 2.24) is 20.1 Å². The maximum Gasteiger partial charge on any atom is 0.320 e. The first-order chi connectivity index (χ1) is 14.0. The SMILES string of the molecule is CCn1ncc2cc3nc(c21)C[C@H](O)COC[C@H](c1cccc(Cl)c1)NC(=O)N3. The van der Waals surface area contributed by atoms with E-state index in [1.54, 1.807) is 24.4 Å². The monoisotopic (exact) mass is 415 g/mol. The van der Waals surface area contributed by atoms with E-state index in [1.165, 1.54) is 0 Å². The number of nitrogens with one attached hydrogen (secondary N) is 2. The minimum atomic E-state index is -0.740. The zero-order valence-corrected chi connectivity index (χ0v) is 16.7. The van der Waals surface area contributed by atoms with Gasteiger partial charge in [-0.05, 0) is 30.7 Å². The number of amides is 2. The van der Waals surface area contributed by atoms with Crippen molar-refractivity contribution in [1.29, 1.82) is 0 Å². The van der Waals surface area contributed by atoms with Gasteiger partial charge in [0, 0.05) is 23.4 Å². The van der Waals surface area contributed by atoms with Gasteiger partial charge in [0.15, 0.2) is 0 Å². The maximum absolute atomic E-state index is 12.6. The summed E-state index contributed by atoms with van der Waals surface area (Å²) in [6, 6.07) is 8.17. The molecule has 8 nitrogen and oxygen atoms in total. The van der Waals surface area contributed by atoms with Crippen LogP contribution in [0.3, 0.4) is 0 Å². The van der Waals surface area contributed by atoms with Gasteiger partial charge in [0.25, 0.3) is 0 Å². The van der Waals surface area contributed by atoms with Crippen LogP contribution < -0.4 is 10.6 Å². The number of rotatable bonds is 2. The minimum Gasteiger partial charge on any atom is -0.390 e. The fraction of sp³-hybridized carbons (Fsp3) is 0.350. The molecule has 0 fully saturated rings. The highest BCUT2D eigenvalue weighted by Crippen LogP contribution is 2.24. The molecule has 152 valence electrons. The number of anilines is 1. The molecule has 0 unspecified atom stereocenters. The van der Waals surface area contributed by atoms with Crippen molar-refractivity contribution in [2.24, 2.45) is 0 Å². The van der Waals surface area contributed by atoms with Gasteiger partial charge in [0.2, 0.25) is 0 Å². The first-order valence-electron chi connectivity index (χ1n) is 9.47. The van der Waals surface area contributed by atoms with E-state index >= 15 is 0 Å². The van der Waals surface area contributed by atoms with E-state index in [2.05, 4.69) is 20.7 Å². The predicted molar refractivity (Wildman–Crippen MR) is 110 cm³/mol. The van der Waals surface area contributed by atoms with Gasteiger partial charge in [-0.25, -0.2) is 9.78 Å².